The molecule has 0 aliphatic rings. The van der Waals surface area contributed by atoms with Crippen LogP contribution in [-0.2, 0) is 9.59 Å². The van der Waals surface area contributed by atoms with Crippen molar-refractivity contribution in [2.45, 2.75) is 19.4 Å². The van der Waals surface area contributed by atoms with Gasteiger partial charge in [-0.3, -0.25) is 4.79 Å². The van der Waals surface area contributed by atoms with Gasteiger partial charge in [-0.25, -0.2) is 9.59 Å². The minimum absolute atomic E-state index is 0.0512. The molecule has 0 amide bonds. The molecule has 0 spiro atoms. The summed E-state index contributed by atoms with van der Waals surface area (Å²) in [5, 5.41) is 34.7. The van der Waals surface area contributed by atoms with Crippen molar-refractivity contribution < 1.29 is 39.5 Å². The number of benzene rings is 3. The largest absolute Gasteiger partial charge is 0.491 e. The molecule has 3 aromatic rings. The predicted molar refractivity (Wildman–Crippen MR) is 146 cm³/mol. The number of rotatable bonds is 9. The van der Waals surface area contributed by atoms with Gasteiger partial charge in [0.25, 0.3) is 0 Å². The molecule has 0 heterocycles. The Hall–Kier alpha value is -4.53. The summed E-state index contributed by atoms with van der Waals surface area (Å²) in [6.07, 6.45) is 5.36. The summed E-state index contributed by atoms with van der Waals surface area (Å²) >= 11 is 0. The van der Waals surface area contributed by atoms with Crippen LogP contribution in [0.3, 0.4) is 0 Å². The van der Waals surface area contributed by atoms with Gasteiger partial charge in [0, 0.05) is 17.7 Å². The maximum absolute atomic E-state index is 11.7. The van der Waals surface area contributed by atoms with Gasteiger partial charge in [-0.15, -0.1) is 0 Å². The van der Waals surface area contributed by atoms with E-state index in [0.29, 0.717) is 11.3 Å². The number of carboxylic acid groups (broad SMARTS) is 2. The van der Waals surface area contributed by atoms with Crippen molar-refractivity contribution >= 4 is 29.9 Å². The molecule has 0 bridgehead atoms. The smallest absolute Gasteiger partial charge is 0.328 e. The Morgan fingerprint density at radius 1 is 0.737 bits per heavy atom. The molecule has 0 saturated heterocycles. The first-order chi connectivity index (χ1) is 18.0. The van der Waals surface area contributed by atoms with Gasteiger partial charge < -0.3 is 25.2 Å². The second-order valence-corrected chi connectivity index (χ2v) is 8.15. The summed E-state index contributed by atoms with van der Waals surface area (Å²) in [7, 11) is 0. The summed E-state index contributed by atoms with van der Waals surface area (Å²) in [5.74, 6) is -1.59. The van der Waals surface area contributed by atoms with Crippen LogP contribution < -0.4 is 4.74 Å². The fourth-order valence-corrected chi connectivity index (χ4v) is 2.68. The van der Waals surface area contributed by atoms with Crippen LogP contribution in [0, 0.1) is 0 Å². The first-order valence-corrected chi connectivity index (χ1v) is 11.6. The predicted octanol–water partition coefficient (Wildman–Crippen LogP) is 4.58. The number of ketones is 1. The molecule has 8 nitrogen and oxygen atoms in total. The van der Waals surface area contributed by atoms with Crippen LogP contribution in [0.2, 0.25) is 0 Å². The van der Waals surface area contributed by atoms with Crippen LogP contribution in [0.15, 0.2) is 97.1 Å². The first-order valence-electron chi connectivity index (χ1n) is 11.6. The number of carboxylic acids is 2. The molecular weight excluding hydrogens is 488 g/mol. The van der Waals surface area contributed by atoms with Crippen LogP contribution in [0.4, 0.5) is 0 Å². The highest BCUT2D eigenvalue weighted by atomic mass is 16.5. The molecule has 0 aliphatic heterocycles. The average Bonchev–Trinajstić information content (AvgIpc) is 2.91. The number of aliphatic hydroxyl groups is 2. The molecule has 0 saturated carbocycles. The summed E-state index contributed by atoms with van der Waals surface area (Å²) in [5.41, 5.74) is 0.863. The third-order valence-corrected chi connectivity index (χ3v) is 4.47. The normalized spacial score (nSPS) is 10.6. The minimum Gasteiger partial charge on any atom is -0.491 e. The van der Waals surface area contributed by atoms with Gasteiger partial charge >= 0.3 is 11.9 Å². The van der Waals surface area contributed by atoms with E-state index in [-0.39, 0.29) is 19.0 Å². The highest BCUT2D eigenvalue weighted by Gasteiger charge is 2.24. The van der Waals surface area contributed by atoms with E-state index in [4.69, 9.17) is 20.1 Å². The van der Waals surface area contributed by atoms with Gasteiger partial charge in [0.2, 0.25) is 0 Å². The van der Waals surface area contributed by atoms with Crippen molar-refractivity contribution in [2.75, 3.05) is 13.2 Å². The lowest BCUT2D eigenvalue weighted by molar-refractivity contribution is -0.132. The highest BCUT2D eigenvalue weighted by Crippen LogP contribution is 2.17. The number of aliphatic carboxylic acids is 2. The molecule has 0 aliphatic carbocycles. The van der Waals surface area contributed by atoms with Gasteiger partial charge in [-0.2, -0.15) is 0 Å². The summed E-state index contributed by atoms with van der Waals surface area (Å²) < 4.78 is 5.15. The van der Waals surface area contributed by atoms with Gasteiger partial charge in [-0.1, -0.05) is 60.7 Å². The van der Waals surface area contributed by atoms with Crippen molar-refractivity contribution in [3.8, 4) is 5.75 Å². The maximum atomic E-state index is 11.7. The van der Waals surface area contributed by atoms with Gasteiger partial charge in [-0.05, 0) is 61.4 Å². The van der Waals surface area contributed by atoms with Crippen molar-refractivity contribution in [2.24, 2.45) is 0 Å². The third kappa shape index (κ3) is 14.1. The maximum Gasteiger partial charge on any atom is 0.328 e. The molecule has 3 rings (SSSR count). The number of ether oxygens (including phenoxy) is 1. The van der Waals surface area contributed by atoms with Gasteiger partial charge in [0.15, 0.2) is 5.78 Å². The van der Waals surface area contributed by atoms with Crippen LogP contribution >= 0.6 is 0 Å². The average molecular weight is 521 g/mol. The van der Waals surface area contributed by atoms with E-state index in [0.717, 1.165) is 23.3 Å². The molecule has 4 N–H and O–H groups in total. The molecule has 0 fully saturated rings. The molecular formula is C30H32O8. The summed E-state index contributed by atoms with van der Waals surface area (Å²) in [6, 6.07) is 25.1. The second kappa shape index (κ2) is 17.0. The van der Waals surface area contributed by atoms with Crippen LogP contribution in [0.1, 0.15) is 35.3 Å². The standard InChI is InChI=1S/C12H16O4.2C9H8O2/c1-12(2,15)11(14)9-3-5-10(6-4-9)16-8-7-13;2*10-9(11)7-6-8-4-2-1-3-5-8/h3-6,13,15H,7-8H2,1-2H3;2*1-7H,(H,10,11). The molecule has 0 unspecified atom stereocenters. The highest BCUT2D eigenvalue weighted by molar-refractivity contribution is 6.01. The Balaban J connectivity index is 0.000000293. The third-order valence-electron chi connectivity index (χ3n) is 4.47. The minimum atomic E-state index is -1.37. The van der Waals surface area contributed by atoms with Crippen LogP contribution in [0.5, 0.6) is 5.75 Å². The Morgan fingerprint density at radius 2 is 1.16 bits per heavy atom. The lowest BCUT2D eigenvalue weighted by atomic mass is 9.97. The monoisotopic (exact) mass is 520 g/mol. The Kier molecular flexibility index (Phi) is 14.1. The molecule has 200 valence electrons. The van der Waals surface area contributed by atoms with E-state index >= 15 is 0 Å². The fraction of sp³-hybridized carbons (Fsp3) is 0.167. The lowest BCUT2D eigenvalue weighted by Gasteiger charge is -2.15. The number of carbonyl (C=O) groups is 3. The zero-order valence-electron chi connectivity index (χ0n) is 21.2. The SMILES string of the molecule is CC(C)(O)C(=O)c1ccc(OCCO)cc1.O=C(O)C=Cc1ccccc1.O=C(O)C=Cc1ccccc1. The van der Waals surface area contributed by atoms with Gasteiger partial charge in [0.1, 0.15) is 18.0 Å². The van der Waals surface area contributed by atoms with Crippen molar-refractivity contribution in [3.05, 3.63) is 114 Å². The summed E-state index contributed by atoms with van der Waals surface area (Å²) in [4.78, 5) is 31.8. The topological polar surface area (TPSA) is 141 Å². The quantitative estimate of drug-likeness (QED) is 0.237. The van der Waals surface area contributed by atoms with E-state index in [9.17, 15) is 19.5 Å². The molecule has 0 aromatic heterocycles. The molecule has 8 heteroatoms. The van der Waals surface area contributed by atoms with E-state index in [1.165, 1.54) is 13.8 Å². The number of carbonyl (C=O) groups excluding carboxylic acids is 1. The lowest BCUT2D eigenvalue weighted by Crippen LogP contribution is -2.30. The molecule has 3 aromatic carbocycles. The van der Waals surface area contributed by atoms with Crippen LogP contribution in [0.25, 0.3) is 12.2 Å². The van der Waals surface area contributed by atoms with Crippen molar-refractivity contribution in [1.82, 2.24) is 0 Å². The van der Waals surface area contributed by atoms with E-state index in [1.807, 2.05) is 60.7 Å². The Morgan fingerprint density at radius 3 is 1.50 bits per heavy atom. The van der Waals surface area contributed by atoms with E-state index in [2.05, 4.69) is 0 Å². The number of hydrogen-bond donors (Lipinski definition) is 4. The second-order valence-electron chi connectivity index (χ2n) is 8.15. The van der Waals surface area contributed by atoms with Gasteiger partial charge in [0.05, 0.1) is 6.61 Å². The Labute approximate surface area is 221 Å². The number of hydrogen-bond acceptors (Lipinski definition) is 6. The zero-order chi connectivity index (χ0) is 28.4. The molecule has 0 atom stereocenters. The first kappa shape index (κ1) is 31.5. The Bertz CT molecular complexity index is 1120. The number of Topliss-reactive ketones (excluding diaryl/α,β-unsaturated/α-hetero) is 1. The van der Waals surface area contributed by atoms with Crippen molar-refractivity contribution in [1.29, 1.82) is 0 Å². The molecule has 38 heavy (non-hydrogen) atoms. The van der Waals surface area contributed by atoms with Crippen molar-refractivity contribution in [3.63, 3.8) is 0 Å². The van der Waals surface area contributed by atoms with E-state index in [1.54, 1.807) is 36.4 Å². The van der Waals surface area contributed by atoms with E-state index < -0.39 is 17.5 Å². The van der Waals surface area contributed by atoms with Crippen LogP contribution in [-0.4, -0.2) is 57.0 Å². The fourth-order valence-electron chi connectivity index (χ4n) is 2.68. The zero-order valence-corrected chi connectivity index (χ0v) is 21.2. The molecule has 0 radical (unpaired) electrons. The summed E-state index contributed by atoms with van der Waals surface area (Å²) in [6.45, 7) is 3.07. The number of aliphatic hydroxyl groups excluding tert-OH is 1.